The summed E-state index contributed by atoms with van der Waals surface area (Å²) in [5.74, 6) is -1.38. The third kappa shape index (κ3) is 3.83. The molecule has 3 aromatic rings. The Labute approximate surface area is 151 Å². The molecule has 1 aromatic carbocycles. The standard InChI is InChI=1S/C17H12N2O6S/c1-9-18-19-17(24-9)26-14(16(22)23)8-10-6-7-13(25-10)11-4-2-3-5-12(11)15(20)21/h2-8H,1H3,(H,20,21)(H,22,23)/b14-8-. The van der Waals surface area contributed by atoms with Gasteiger partial charge in [0.05, 0.1) is 5.56 Å². The van der Waals surface area contributed by atoms with E-state index < -0.39 is 11.9 Å². The molecule has 2 N–H and O–H groups in total. The van der Waals surface area contributed by atoms with Crippen LogP contribution in [0.15, 0.2) is 55.4 Å². The second kappa shape index (κ2) is 7.28. The topological polar surface area (TPSA) is 127 Å². The molecule has 0 atom stereocenters. The predicted molar refractivity (Wildman–Crippen MR) is 91.6 cm³/mol. The van der Waals surface area contributed by atoms with Crippen molar-refractivity contribution >= 4 is 29.8 Å². The molecular weight excluding hydrogens is 360 g/mol. The molecule has 0 aliphatic carbocycles. The number of aromatic carboxylic acids is 1. The van der Waals surface area contributed by atoms with Gasteiger partial charge in [-0.1, -0.05) is 18.2 Å². The summed E-state index contributed by atoms with van der Waals surface area (Å²) >= 11 is 0.793. The number of rotatable bonds is 6. The number of hydrogen-bond acceptors (Lipinski definition) is 7. The molecule has 0 bridgehead atoms. The van der Waals surface area contributed by atoms with Gasteiger partial charge in [0.15, 0.2) is 0 Å². The molecule has 2 aromatic heterocycles. The summed E-state index contributed by atoms with van der Waals surface area (Å²) in [6, 6.07) is 9.51. The number of carboxylic acids is 2. The van der Waals surface area contributed by atoms with Crippen molar-refractivity contribution in [2.45, 2.75) is 12.1 Å². The summed E-state index contributed by atoms with van der Waals surface area (Å²) in [5, 5.41) is 26.1. The predicted octanol–water partition coefficient (Wildman–Crippen LogP) is 3.55. The van der Waals surface area contributed by atoms with E-state index in [0.717, 1.165) is 11.8 Å². The van der Waals surface area contributed by atoms with Crippen molar-refractivity contribution in [1.29, 1.82) is 0 Å². The van der Waals surface area contributed by atoms with Crippen molar-refractivity contribution < 1.29 is 28.6 Å². The average molecular weight is 372 g/mol. The van der Waals surface area contributed by atoms with Gasteiger partial charge < -0.3 is 19.0 Å². The van der Waals surface area contributed by atoms with Crippen LogP contribution in [0.5, 0.6) is 0 Å². The highest BCUT2D eigenvalue weighted by Gasteiger charge is 2.17. The fourth-order valence-electron chi connectivity index (χ4n) is 2.14. The van der Waals surface area contributed by atoms with Crippen molar-refractivity contribution in [2.24, 2.45) is 0 Å². The maximum Gasteiger partial charge on any atom is 0.342 e. The molecule has 0 radical (unpaired) electrons. The van der Waals surface area contributed by atoms with Gasteiger partial charge >= 0.3 is 11.9 Å². The maximum absolute atomic E-state index is 11.4. The van der Waals surface area contributed by atoms with Crippen LogP contribution in [0.25, 0.3) is 17.4 Å². The summed E-state index contributed by atoms with van der Waals surface area (Å²) in [6.07, 6.45) is 1.30. The Hall–Kier alpha value is -3.33. The summed E-state index contributed by atoms with van der Waals surface area (Å²) < 4.78 is 10.8. The number of aliphatic carboxylic acids is 1. The number of carboxylic acid groups (broad SMARTS) is 2. The van der Waals surface area contributed by atoms with E-state index in [4.69, 9.17) is 8.83 Å². The molecule has 0 aliphatic heterocycles. The molecule has 8 nitrogen and oxygen atoms in total. The van der Waals surface area contributed by atoms with Crippen LogP contribution in [0.1, 0.15) is 22.0 Å². The monoisotopic (exact) mass is 372 g/mol. The van der Waals surface area contributed by atoms with Crippen LogP contribution in [-0.2, 0) is 4.79 Å². The Balaban J connectivity index is 1.92. The van der Waals surface area contributed by atoms with E-state index in [9.17, 15) is 19.8 Å². The first-order chi connectivity index (χ1) is 12.4. The first kappa shape index (κ1) is 17.5. The number of furan rings is 1. The quantitative estimate of drug-likeness (QED) is 0.493. The van der Waals surface area contributed by atoms with Gasteiger partial charge in [-0.25, -0.2) is 9.59 Å². The molecule has 9 heteroatoms. The van der Waals surface area contributed by atoms with Crippen molar-refractivity contribution in [2.75, 3.05) is 0 Å². The lowest BCUT2D eigenvalue weighted by atomic mass is 10.1. The minimum Gasteiger partial charge on any atom is -0.478 e. The van der Waals surface area contributed by atoms with Gasteiger partial charge in [-0.15, -0.1) is 10.2 Å². The van der Waals surface area contributed by atoms with Crippen LogP contribution in [0.4, 0.5) is 0 Å². The smallest absolute Gasteiger partial charge is 0.342 e. The summed E-state index contributed by atoms with van der Waals surface area (Å²) in [7, 11) is 0. The highest BCUT2D eigenvalue weighted by atomic mass is 32.2. The zero-order valence-electron chi connectivity index (χ0n) is 13.4. The van der Waals surface area contributed by atoms with E-state index in [-0.39, 0.29) is 21.5 Å². The number of benzene rings is 1. The van der Waals surface area contributed by atoms with E-state index in [1.54, 1.807) is 37.3 Å². The van der Waals surface area contributed by atoms with E-state index >= 15 is 0 Å². The van der Waals surface area contributed by atoms with Crippen molar-refractivity contribution in [1.82, 2.24) is 10.2 Å². The molecule has 0 saturated heterocycles. The van der Waals surface area contributed by atoms with E-state index in [1.165, 1.54) is 12.1 Å². The lowest BCUT2D eigenvalue weighted by Crippen LogP contribution is -1.98. The molecule has 2 heterocycles. The number of carbonyl (C=O) groups is 2. The molecular formula is C17H12N2O6S. The van der Waals surface area contributed by atoms with Gasteiger partial charge in [-0.2, -0.15) is 0 Å². The number of thioether (sulfide) groups is 1. The minimum atomic E-state index is -1.19. The summed E-state index contributed by atoms with van der Waals surface area (Å²) in [5.41, 5.74) is 0.489. The second-order valence-corrected chi connectivity index (χ2v) is 6.05. The van der Waals surface area contributed by atoms with Gasteiger partial charge in [0, 0.05) is 18.6 Å². The first-order valence-corrected chi connectivity index (χ1v) is 8.11. The Kier molecular flexibility index (Phi) is 4.90. The normalized spacial score (nSPS) is 11.5. The molecule has 0 fully saturated rings. The number of aromatic nitrogens is 2. The Morgan fingerprint density at radius 2 is 1.85 bits per heavy atom. The Morgan fingerprint density at radius 3 is 2.50 bits per heavy atom. The third-order valence-electron chi connectivity index (χ3n) is 3.24. The van der Waals surface area contributed by atoms with Crippen LogP contribution < -0.4 is 0 Å². The van der Waals surface area contributed by atoms with Crippen LogP contribution in [0, 0.1) is 6.92 Å². The maximum atomic E-state index is 11.4. The van der Waals surface area contributed by atoms with Crippen molar-refractivity contribution in [3.8, 4) is 11.3 Å². The molecule has 0 amide bonds. The lowest BCUT2D eigenvalue weighted by molar-refractivity contribution is -0.131. The van der Waals surface area contributed by atoms with Gasteiger partial charge in [-0.3, -0.25) is 0 Å². The van der Waals surface area contributed by atoms with Crippen molar-refractivity contribution in [3.63, 3.8) is 0 Å². The van der Waals surface area contributed by atoms with E-state index in [2.05, 4.69) is 10.2 Å². The first-order valence-electron chi connectivity index (χ1n) is 7.29. The number of aryl methyl sites for hydroxylation is 1. The highest BCUT2D eigenvalue weighted by molar-refractivity contribution is 8.03. The SMILES string of the molecule is Cc1nnc(S/C(=C\c2ccc(-c3ccccc3C(=O)O)o2)C(=O)O)o1. The van der Waals surface area contributed by atoms with Crippen molar-refractivity contribution in [3.05, 3.63) is 58.5 Å². The zero-order valence-corrected chi connectivity index (χ0v) is 14.2. The number of hydrogen-bond donors (Lipinski definition) is 2. The highest BCUT2D eigenvalue weighted by Crippen LogP contribution is 2.30. The summed E-state index contributed by atoms with van der Waals surface area (Å²) in [6.45, 7) is 1.60. The largest absolute Gasteiger partial charge is 0.478 e. The number of nitrogens with zero attached hydrogens (tertiary/aromatic N) is 2. The second-order valence-electron chi connectivity index (χ2n) is 5.06. The van der Waals surface area contributed by atoms with Gasteiger partial charge in [0.2, 0.25) is 5.89 Å². The molecule has 26 heavy (non-hydrogen) atoms. The average Bonchev–Trinajstić information content (AvgIpc) is 3.23. The molecule has 0 spiro atoms. The Morgan fingerprint density at radius 1 is 1.08 bits per heavy atom. The molecule has 0 unspecified atom stereocenters. The van der Waals surface area contributed by atoms with Crippen LogP contribution in [0.2, 0.25) is 0 Å². The fraction of sp³-hybridized carbons (Fsp3) is 0.0588. The van der Waals surface area contributed by atoms with Crippen LogP contribution >= 0.6 is 11.8 Å². The molecule has 0 aliphatic rings. The van der Waals surface area contributed by atoms with Gasteiger partial charge in [-0.05, 0) is 30.0 Å². The van der Waals surface area contributed by atoms with E-state index in [1.807, 2.05) is 0 Å². The van der Waals surface area contributed by atoms with Crippen LogP contribution in [-0.4, -0.2) is 32.3 Å². The third-order valence-corrected chi connectivity index (χ3v) is 4.09. The Bertz CT molecular complexity index is 1000. The minimum absolute atomic E-state index is 0.0823. The fourth-order valence-corrected chi connectivity index (χ4v) is 2.83. The molecule has 132 valence electrons. The van der Waals surface area contributed by atoms with E-state index in [0.29, 0.717) is 17.2 Å². The molecule has 0 saturated carbocycles. The van der Waals surface area contributed by atoms with Gasteiger partial charge in [0.1, 0.15) is 16.4 Å². The zero-order chi connectivity index (χ0) is 18.7. The lowest BCUT2D eigenvalue weighted by Gasteiger charge is -2.02. The van der Waals surface area contributed by atoms with Crippen LogP contribution in [0.3, 0.4) is 0 Å². The van der Waals surface area contributed by atoms with Gasteiger partial charge in [0.25, 0.3) is 5.22 Å². The summed E-state index contributed by atoms with van der Waals surface area (Å²) in [4.78, 5) is 22.7. The molecule has 3 rings (SSSR count).